The van der Waals surface area contributed by atoms with E-state index < -0.39 is 5.60 Å². The van der Waals surface area contributed by atoms with Gasteiger partial charge in [0.2, 0.25) is 5.91 Å². The second kappa shape index (κ2) is 9.41. The summed E-state index contributed by atoms with van der Waals surface area (Å²) in [6.45, 7) is 8.55. The van der Waals surface area contributed by atoms with Crippen molar-refractivity contribution in [3.05, 3.63) is 95.9 Å². The summed E-state index contributed by atoms with van der Waals surface area (Å²) in [5, 5.41) is 18.3. The van der Waals surface area contributed by atoms with Crippen LogP contribution in [0.4, 0.5) is 5.82 Å². The number of carbonyl (C=O) groups excluding carboxylic acids is 1. The van der Waals surface area contributed by atoms with Gasteiger partial charge in [-0.25, -0.2) is 9.50 Å². The third kappa shape index (κ3) is 4.72. The van der Waals surface area contributed by atoms with E-state index in [1.807, 2.05) is 47.1 Å². The molecule has 0 unspecified atom stereocenters. The molecule has 1 aliphatic heterocycles. The number of fused-ring (bicyclic) bond motifs is 1. The molecule has 2 N–H and O–H groups in total. The van der Waals surface area contributed by atoms with Crippen LogP contribution in [-0.4, -0.2) is 38.7 Å². The van der Waals surface area contributed by atoms with Gasteiger partial charge in [0.05, 0.1) is 17.6 Å². The lowest BCUT2D eigenvalue weighted by molar-refractivity contribution is -0.126. The normalized spacial score (nSPS) is 14.9. The minimum atomic E-state index is -0.885. The standard InChI is InChI=1S/C28H28ClN5O2/c1-4-24(19-7-11-23(29)12-8-19)32-27(35)21-14-33(15-21)26-25-13-20(16-34(25)31-17-30-26)18-5-9-22(10-6-18)28(2,3)36/h4-13,16-17,21,24,36H,1,14-15H2,2-3H3,(H,32,35)/t24-/m0/s1. The second-order valence-electron chi connectivity index (χ2n) is 9.65. The van der Waals surface area contributed by atoms with Gasteiger partial charge in [0.25, 0.3) is 0 Å². The monoisotopic (exact) mass is 501 g/mol. The fourth-order valence-corrected chi connectivity index (χ4v) is 4.55. The van der Waals surface area contributed by atoms with Crippen LogP contribution in [0.2, 0.25) is 5.02 Å². The molecular formula is C28H28ClN5O2. The Hall–Kier alpha value is -3.68. The van der Waals surface area contributed by atoms with Crippen LogP contribution in [0.25, 0.3) is 16.6 Å². The van der Waals surface area contributed by atoms with Crippen LogP contribution in [0.1, 0.15) is 31.0 Å². The van der Waals surface area contributed by atoms with Gasteiger partial charge in [0.15, 0.2) is 5.82 Å². The number of hydrogen-bond donors (Lipinski definition) is 2. The van der Waals surface area contributed by atoms with Gasteiger partial charge in [-0.2, -0.15) is 5.10 Å². The molecule has 0 spiro atoms. The van der Waals surface area contributed by atoms with Crippen LogP contribution in [0.15, 0.2) is 79.8 Å². The Balaban J connectivity index is 1.29. The molecule has 5 rings (SSSR count). The van der Waals surface area contributed by atoms with E-state index in [1.54, 1.807) is 32.1 Å². The summed E-state index contributed by atoms with van der Waals surface area (Å²) >= 11 is 5.98. The van der Waals surface area contributed by atoms with Crippen molar-refractivity contribution in [1.29, 1.82) is 0 Å². The molecular weight excluding hydrogens is 474 g/mol. The first-order chi connectivity index (χ1) is 17.2. The summed E-state index contributed by atoms with van der Waals surface area (Å²) < 4.78 is 1.81. The SMILES string of the molecule is C=C[C@H](NC(=O)C1CN(c2ncnn3cc(-c4ccc(C(C)(C)O)cc4)cc23)C1)c1ccc(Cl)cc1. The van der Waals surface area contributed by atoms with Gasteiger partial charge in [-0.05, 0) is 48.7 Å². The number of nitrogens with zero attached hydrogens (tertiary/aromatic N) is 4. The number of benzene rings is 2. The summed E-state index contributed by atoms with van der Waals surface area (Å²) in [6, 6.07) is 17.0. The molecule has 4 aromatic rings. The number of halogens is 1. The van der Waals surface area contributed by atoms with Crippen LogP contribution in [0, 0.1) is 5.92 Å². The molecule has 2 aromatic carbocycles. The first-order valence-electron chi connectivity index (χ1n) is 11.8. The van der Waals surface area contributed by atoms with Crippen LogP contribution in [0.3, 0.4) is 0 Å². The number of aliphatic hydroxyl groups is 1. The molecule has 1 aliphatic rings. The highest BCUT2D eigenvalue weighted by atomic mass is 35.5. The highest BCUT2D eigenvalue weighted by Gasteiger charge is 2.35. The number of hydrogen-bond acceptors (Lipinski definition) is 5. The average Bonchev–Trinajstić information content (AvgIpc) is 3.27. The van der Waals surface area contributed by atoms with Crippen LogP contribution in [0.5, 0.6) is 0 Å². The molecule has 1 fully saturated rings. The van der Waals surface area contributed by atoms with Crippen LogP contribution >= 0.6 is 11.6 Å². The topological polar surface area (TPSA) is 82.8 Å². The van der Waals surface area contributed by atoms with E-state index in [4.69, 9.17) is 11.6 Å². The van der Waals surface area contributed by atoms with E-state index >= 15 is 0 Å². The zero-order valence-corrected chi connectivity index (χ0v) is 21.0. The lowest BCUT2D eigenvalue weighted by Crippen LogP contribution is -2.54. The smallest absolute Gasteiger partial charge is 0.227 e. The third-order valence-corrected chi connectivity index (χ3v) is 6.88. The molecule has 1 atom stereocenters. The van der Waals surface area contributed by atoms with Gasteiger partial charge in [-0.1, -0.05) is 54.1 Å². The Labute approximate surface area is 215 Å². The van der Waals surface area contributed by atoms with Crippen molar-refractivity contribution in [2.75, 3.05) is 18.0 Å². The molecule has 0 radical (unpaired) electrons. The maximum atomic E-state index is 12.9. The zero-order valence-electron chi connectivity index (χ0n) is 20.2. The number of rotatable bonds is 7. The zero-order chi connectivity index (χ0) is 25.4. The largest absolute Gasteiger partial charge is 0.386 e. The van der Waals surface area contributed by atoms with Crippen molar-refractivity contribution in [2.24, 2.45) is 5.92 Å². The van der Waals surface area contributed by atoms with E-state index in [1.165, 1.54) is 6.33 Å². The van der Waals surface area contributed by atoms with Crippen molar-refractivity contribution in [1.82, 2.24) is 19.9 Å². The molecule has 36 heavy (non-hydrogen) atoms. The summed E-state index contributed by atoms with van der Waals surface area (Å²) in [4.78, 5) is 19.5. The maximum Gasteiger partial charge on any atom is 0.227 e. The molecule has 1 saturated heterocycles. The molecule has 184 valence electrons. The van der Waals surface area contributed by atoms with Gasteiger partial charge in [0, 0.05) is 29.9 Å². The van der Waals surface area contributed by atoms with Crippen LogP contribution in [-0.2, 0) is 10.4 Å². The Bertz CT molecular complexity index is 1400. The molecule has 2 aromatic heterocycles. The Morgan fingerprint density at radius 2 is 1.86 bits per heavy atom. The molecule has 0 saturated carbocycles. The first kappa shape index (κ1) is 24.0. The Kier molecular flexibility index (Phi) is 6.28. The Morgan fingerprint density at radius 1 is 1.17 bits per heavy atom. The highest BCUT2D eigenvalue weighted by molar-refractivity contribution is 6.30. The maximum absolute atomic E-state index is 12.9. The number of aromatic nitrogens is 3. The molecule has 0 aliphatic carbocycles. The fraction of sp³-hybridized carbons (Fsp3) is 0.250. The summed E-state index contributed by atoms with van der Waals surface area (Å²) in [5.74, 6) is 0.643. The van der Waals surface area contributed by atoms with Gasteiger partial charge in [-0.3, -0.25) is 4.79 Å². The van der Waals surface area contributed by atoms with Crippen LogP contribution < -0.4 is 10.2 Å². The van der Waals surface area contributed by atoms with Gasteiger partial charge in [0.1, 0.15) is 11.8 Å². The number of carbonyl (C=O) groups is 1. The molecule has 3 heterocycles. The van der Waals surface area contributed by atoms with Crippen molar-refractivity contribution in [3.63, 3.8) is 0 Å². The summed E-state index contributed by atoms with van der Waals surface area (Å²) in [6.07, 6.45) is 5.22. The van der Waals surface area contributed by atoms with E-state index in [0.29, 0.717) is 18.1 Å². The van der Waals surface area contributed by atoms with E-state index in [0.717, 1.165) is 33.6 Å². The van der Waals surface area contributed by atoms with Gasteiger partial charge in [-0.15, -0.1) is 6.58 Å². The van der Waals surface area contributed by atoms with E-state index in [-0.39, 0.29) is 17.9 Å². The van der Waals surface area contributed by atoms with Crippen molar-refractivity contribution in [3.8, 4) is 11.1 Å². The first-order valence-corrected chi connectivity index (χ1v) is 12.2. The minimum absolute atomic E-state index is 0.0147. The minimum Gasteiger partial charge on any atom is -0.386 e. The average molecular weight is 502 g/mol. The lowest BCUT2D eigenvalue weighted by Gasteiger charge is -2.39. The second-order valence-corrected chi connectivity index (χ2v) is 10.1. The quantitative estimate of drug-likeness (QED) is 0.357. The predicted octanol–water partition coefficient (Wildman–Crippen LogP) is 4.76. The molecule has 8 heteroatoms. The van der Waals surface area contributed by atoms with Crippen molar-refractivity contribution < 1.29 is 9.90 Å². The molecule has 1 amide bonds. The number of amides is 1. The molecule has 7 nitrogen and oxygen atoms in total. The fourth-order valence-electron chi connectivity index (χ4n) is 4.43. The highest BCUT2D eigenvalue weighted by Crippen LogP contribution is 2.32. The lowest BCUT2D eigenvalue weighted by atomic mass is 9.96. The van der Waals surface area contributed by atoms with Crippen molar-refractivity contribution >= 4 is 28.8 Å². The van der Waals surface area contributed by atoms with E-state index in [2.05, 4.69) is 32.9 Å². The predicted molar refractivity (Wildman–Crippen MR) is 142 cm³/mol. The Morgan fingerprint density at radius 3 is 2.50 bits per heavy atom. The number of nitrogens with one attached hydrogen (secondary N) is 1. The van der Waals surface area contributed by atoms with Gasteiger partial charge >= 0.3 is 0 Å². The van der Waals surface area contributed by atoms with Gasteiger partial charge < -0.3 is 15.3 Å². The third-order valence-electron chi connectivity index (χ3n) is 6.62. The molecule has 0 bridgehead atoms. The summed E-state index contributed by atoms with van der Waals surface area (Å²) in [7, 11) is 0. The summed E-state index contributed by atoms with van der Waals surface area (Å²) in [5.41, 5.74) is 3.82. The van der Waals surface area contributed by atoms with Crippen molar-refractivity contribution in [2.45, 2.75) is 25.5 Å². The van der Waals surface area contributed by atoms with E-state index in [9.17, 15) is 9.90 Å². The number of anilines is 1.